The van der Waals surface area contributed by atoms with Crippen molar-refractivity contribution in [2.24, 2.45) is 0 Å². The first kappa shape index (κ1) is 13.3. The molecule has 15 heavy (non-hydrogen) atoms. The molecule has 84 valence electrons. The van der Waals surface area contributed by atoms with Gasteiger partial charge in [0.1, 0.15) is 5.60 Å². The summed E-state index contributed by atoms with van der Waals surface area (Å²) >= 11 is 0. The molecule has 0 aromatic carbocycles. The Kier molecular flexibility index (Phi) is 4.16. The van der Waals surface area contributed by atoms with Gasteiger partial charge in [-0.25, -0.2) is 9.59 Å². The largest absolute Gasteiger partial charge is 0.479 e. The molecule has 0 aliphatic rings. The van der Waals surface area contributed by atoms with Gasteiger partial charge in [0.2, 0.25) is 0 Å². The van der Waals surface area contributed by atoms with E-state index in [1.165, 1.54) is 7.05 Å². The first-order valence-electron chi connectivity index (χ1n) is 4.34. The Hall–Kier alpha value is -1.70. The van der Waals surface area contributed by atoms with Crippen LogP contribution in [-0.2, 0) is 9.53 Å². The van der Waals surface area contributed by atoms with Crippen LogP contribution in [0.5, 0.6) is 0 Å². The predicted molar refractivity (Wildman–Crippen MR) is 54.3 cm³/mol. The Balaban J connectivity index is 4.58. The lowest BCUT2D eigenvalue weighted by Crippen LogP contribution is -2.44. The Morgan fingerprint density at radius 1 is 1.47 bits per heavy atom. The molecule has 0 saturated carbocycles. The zero-order chi connectivity index (χ0) is 12.2. The van der Waals surface area contributed by atoms with Crippen LogP contribution in [0.15, 0.2) is 0 Å². The molecule has 0 saturated heterocycles. The molecule has 1 unspecified atom stereocenters. The van der Waals surface area contributed by atoms with Gasteiger partial charge < -0.3 is 9.84 Å². The number of terminal acetylenes is 1. The van der Waals surface area contributed by atoms with Gasteiger partial charge in [0.15, 0.2) is 6.04 Å². The average Bonchev–Trinajstić information content (AvgIpc) is 2.01. The Labute approximate surface area is 89.0 Å². The van der Waals surface area contributed by atoms with Gasteiger partial charge in [0.25, 0.3) is 0 Å². The molecule has 5 heteroatoms. The summed E-state index contributed by atoms with van der Waals surface area (Å²) in [6.07, 6.45) is 4.24. The summed E-state index contributed by atoms with van der Waals surface area (Å²) in [5, 5.41) is 8.70. The standard InChI is InChI=1S/C10H15NO4/c1-6-7(8(12)13)11(5)9(14)15-10(2,3)4/h1,7H,2-5H3,(H,12,13). The van der Waals surface area contributed by atoms with E-state index >= 15 is 0 Å². The van der Waals surface area contributed by atoms with E-state index in [1.54, 1.807) is 20.8 Å². The number of aliphatic carboxylic acids is 1. The quantitative estimate of drug-likeness (QED) is 0.693. The fraction of sp³-hybridized carbons (Fsp3) is 0.600. The zero-order valence-corrected chi connectivity index (χ0v) is 9.27. The number of amides is 1. The molecule has 1 N–H and O–H groups in total. The third-order valence-corrected chi connectivity index (χ3v) is 1.46. The maximum Gasteiger partial charge on any atom is 0.411 e. The molecule has 0 bridgehead atoms. The lowest BCUT2D eigenvalue weighted by atomic mass is 10.2. The smallest absolute Gasteiger partial charge is 0.411 e. The third kappa shape index (κ3) is 4.36. The molecule has 0 radical (unpaired) electrons. The normalized spacial score (nSPS) is 12.5. The number of carboxylic acids is 1. The van der Waals surface area contributed by atoms with Crippen LogP contribution in [-0.4, -0.2) is 40.8 Å². The second-order valence-corrected chi connectivity index (χ2v) is 4.00. The molecular formula is C10H15NO4. The van der Waals surface area contributed by atoms with Crippen molar-refractivity contribution >= 4 is 12.1 Å². The number of carbonyl (C=O) groups excluding carboxylic acids is 1. The fourth-order valence-electron chi connectivity index (χ4n) is 0.788. The first-order chi connectivity index (χ1) is 6.69. The van der Waals surface area contributed by atoms with Gasteiger partial charge in [-0.3, -0.25) is 4.90 Å². The number of nitrogens with zero attached hydrogens (tertiary/aromatic N) is 1. The van der Waals surface area contributed by atoms with Crippen LogP contribution in [0.4, 0.5) is 4.79 Å². The zero-order valence-electron chi connectivity index (χ0n) is 9.27. The van der Waals surface area contributed by atoms with E-state index < -0.39 is 23.7 Å². The second kappa shape index (κ2) is 4.69. The highest BCUT2D eigenvalue weighted by atomic mass is 16.6. The Morgan fingerprint density at radius 3 is 2.20 bits per heavy atom. The summed E-state index contributed by atoms with van der Waals surface area (Å²) in [7, 11) is 1.28. The van der Waals surface area contributed by atoms with Crippen molar-refractivity contribution in [1.29, 1.82) is 0 Å². The predicted octanol–water partition coefficient (Wildman–Crippen LogP) is 0.940. The fourth-order valence-corrected chi connectivity index (χ4v) is 0.788. The van der Waals surface area contributed by atoms with Crippen LogP contribution in [0.2, 0.25) is 0 Å². The van der Waals surface area contributed by atoms with Crippen LogP contribution >= 0.6 is 0 Å². The van der Waals surface area contributed by atoms with E-state index in [0.29, 0.717) is 0 Å². The summed E-state index contributed by atoms with van der Waals surface area (Å²) in [5.74, 6) is 0.735. The van der Waals surface area contributed by atoms with Gasteiger partial charge in [-0.2, -0.15) is 0 Å². The van der Waals surface area contributed by atoms with Crippen molar-refractivity contribution < 1.29 is 19.4 Å². The van der Waals surface area contributed by atoms with Gasteiger partial charge >= 0.3 is 12.1 Å². The molecule has 0 heterocycles. The minimum absolute atomic E-state index is 0.678. The molecular weight excluding hydrogens is 198 g/mol. The number of ether oxygens (including phenoxy) is 1. The summed E-state index contributed by atoms with van der Waals surface area (Å²) in [5.41, 5.74) is -0.678. The van der Waals surface area contributed by atoms with Gasteiger partial charge in [0, 0.05) is 7.05 Å². The Bertz CT molecular complexity index is 298. The van der Waals surface area contributed by atoms with Crippen LogP contribution in [0.25, 0.3) is 0 Å². The topological polar surface area (TPSA) is 66.8 Å². The van der Waals surface area contributed by atoms with Crippen LogP contribution in [0.3, 0.4) is 0 Å². The van der Waals surface area contributed by atoms with E-state index in [4.69, 9.17) is 16.3 Å². The Morgan fingerprint density at radius 2 is 1.93 bits per heavy atom. The molecule has 0 rings (SSSR count). The number of carbonyl (C=O) groups is 2. The number of likely N-dealkylation sites (N-methyl/N-ethyl adjacent to an activating group) is 1. The molecule has 0 spiro atoms. The summed E-state index contributed by atoms with van der Waals surface area (Å²) in [6, 6.07) is -1.31. The van der Waals surface area contributed by atoms with Crippen LogP contribution < -0.4 is 0 Å². The second-order valence-electron chi connectivity index (χ2n) is 4.00. The van der Waals surface area contributed by atoms with Crippen LogP contribution in [0.1, 0.15) is 20.8 Å². The summed E-state index contributed by atoms with van der Waals surface area (Å²) in [6.45, 7) is 5.05. The average molecular weight is 213 g/mol. The van der Waals surface area contributed by atoms with Crippen LogP contribution in [0, 0.1) is 12.3 Å². The lowest BCUT2D eigenvalue weighted by Gasteiger charge is -2.26. The van der Waals surface area contributed by atoms with Crippen molar-refractivity contribution in [3.63, 3.8) is 0 Å². The van der Waals surface area contributed by atoms with E-state index in [2.05, 4.69) is 0 Å². The van der Waals surface area contributed by atoms with Gasteiger partial charge in [-0.15, -0.1) is 6.42 Å². The minimum atomic E-state index is -1.31. The number of rotatable bonds is 2. The van der Waals surface area contributed by atoms with E-state index in [-0.39, 0.29) is 0 Å². The van der Waals surface area contributed by atoms with E-state index in [0.717, 1.165) is 4.90 Å². The summed E-state index contributed by atoms with van der Waals surface area (Å²) < 4.78 is 4.96. The van der Waals surface area contributed by atoms with E-state index in [9.17, 15) is 9.59 Å². The van der Waals surface area contributed by atoms with Crippen molar-refractivity contribution in [2.75, 3.05) is 7.05 Å². The van der Waals surface area contributed by atoms with Crippen molar-refractivity contribution in [2.45, 2.75) is 32.4 Å². The number of hydrogen-bond acceptors (Lipinski definition) is 3. The third-order valence-electron chi connectivity index (χ3n) is 1.46. The molecule has 0 aromatic heterocycles. The van der Waals surface area contributed by atoms with Gasteiger partial charge in [-0.1, -0.05) is 5.92 Å². The van der Waals surface area contributed by atoms with E-state index in [1.807, 2.05) is 5.92 Å². The monoisotopic (exact) mass is 213 g/mol. The van der Waals surface area contributed by atoms with Crippen molar-refractivity contribution in [1.82, 2.24) is 4.90 Å². The highest BCUT2D eigenvalue weighted by Gasteiger charge is 2.28. The molecule has 0 aromatic rings. The van der Waals surface area contributed by atoms with Gasteiger partial charge in [-0.05, 0) is 20.8 Å². The molecule has 0 aliphatic heterocycles. The number of hydrogen-bond donors (Lipinski definition) is 1. The highest BCUT2D eigenvalue weighted by Crippen LogP contribution is 2.10. The molecule has 5 nitrogen and oxygen atoms in total. The van der Waals surface area contributed by atoms with Gasteiger partial charge in [0.05, 0.1) is 0 Å². The SMILES string of the molecule is C#CC(C(=O)O)N(C)C(=O)OC(C)(C)C. The van der Waals surface area contributed by atoms with Crippen molar-refractivity contribution in [3.05, 3.63) is 0 Å². The maximum absolute atomic E-state index is 11.4. The molecule has 1 amide bonds. The number of carboxylic acid groups (broad SMARTS) is 1. The first-order valence-corrected chi connectivity index (χ1v) is 4.34. The maximum atomic E-state index is 11.4. The van der Waals surface area contributed by atoms with Crippen molar-refractivity contribution in [3.8, 4) is 12.3 Å². The highest BCUT2D eigenvalue weighted by molar-refractivity contribution is 5.82. The molecule has 1 atom stereocenters. The lowest BCUT2D eigenvalue weighted by molar-refractivity contribution is -0.140. The minimum Gasteiger partial charge on any atom is -0.479 e. The summed E-state index contributed by atoms with van der Waals surface area (Å²) in [4.78, 5) is 22.9. The molecule has 0 aliphatic carbocycles. The molecule has 0 fully saturated rings.